The van der Waals surface area contributed by atoms with Gasteiger partial charge in [0.1, 0.15) is 5.75 Å². The van der Waals surface area contributed by atoms with Gasteiger partial charge in [-0.15, -0.1) is 10.2 Å². The Morgan fingerprint density at radius 2 is 1.97 bits per heavy atom. The van der Waals surface area contributed by atoms with Gasteiger partial charge in [0.2, 0.25) is 5.91 Å². The predicted molar refractivity (Wildman–Crippen MR) is 117 cm³/mol. The Bertz CT molecular complexity index is 974. The van der Waals surface area contributed by atoms with Gasteiger partial charge in [-0.3, -0.25) is 4.79 Å². The lowest BCUT2D eigenvalue weighted by Gasteiger charge is -2.14. The number of nitrogens with zero attached hydrogens (tertiary/aromatic N) is 2. The standard InChI is InChI=1S/C21H22BrN3O3S/c1-13(2)17-10-15(22)6-9-18(17)23-19(26)12-29-21-25-24-20(28-21)11-27-16-7-4-14(3)5-8-16/h4-10,13H,11-12H2,1-3H3,(H,23,26). The molecule has 0 saturated carbocycles. The van der Waals surface area contributed by atoms with Gasteiger partial charge < -0.3 is 14.5 Å². The molecular formula is C21H22BrN3O3S. The van der Waals surface area contributed by atoms with E-state index in [0.29, 0.717) is 17.0 Å². The van der Waals surface area contributed by atoms with Crippen LogP contribution in [0.25, 0.3) is 0 Å². The molecule has 0 aliphatic heterocycles. The third-order valence-corrected chi connectivity index (χ3v) is 5.38. The molecule has 1 heterocycles. The predicted octanol–water partition coefficient (Wildman–Crippen LogP) is 5.57. The number of carbonyl (C=O) groups excluding carboxylic acids is 1. The topological polar surface area (TPSA) is 77.2 Å². The van der Waals surface area contributed by atoms with Gasteiger partial charge in [-0.05, 0) is 48.7 Å². The lowest BCUT2D eigenvalue weighted by Crippen LogP contribution is -2.15. The zero-order valence-corrected chi connectivity index (χ0v) is 18.8. The number of rotatable bonds is 8. The number of amides is 1. The van der Waals surface area contributed by atoms with Crippen LogP contribution in [0.1, 0.15) is 36.8 Å². The van der Waals surface area contributed by atoms with Crippen LogP contribution in [-0.4, -0.2) is 21.9 Å². The number of nitrogens with one attached hydrogen (secondary N) is 1. The van der Waals surface area contributed by atoms with Crippen molar-refractivity contribution < 1.29 is 13.9 Å². The van der Waals surface area contributed by atoms with Gasteiger partial charge in [0.25, 0.3) is 11.1 Å². The van der Waals surface area contributed by atoms with Gasteiger partial charge in [0.15, 0.2) is 6.61 Å². The summed E-state index contributed by atoms with van der Waals surface area (Å²) in [4.78, 5) is 12.3. The zero-order valence-electron chi connectivity index (χ0n) is 16.4. The maximum atomic E-state index is 12.3. The Labute approximate surface area is 182 Å². The van der Waals surface area contributed by atoms with Gasteiger partial charge in [-0.2, -0.15) is 0 Å². The lowest BCUT2D eigenvalue weighted by molar-refractivity contribution is -0.113. The number of hydrogen-bond donors (Lipinski definition) is 1. The summed E-state index contributed by atoms with van der Waals surface area (Å²) < 4.78 is 12.1. The van der Waals surface area contributed by atoms with Gasteiger partial charge in [0.05, 0.1) is 5.75 Å². The molecule has 0 spiro atoms. The third kappa shape index (κ3) is 6.33. The Hall–Kier alpha value is -2.32. The molecule has 0 fully saturated rings. The van der Waals surface area contributed by atoms with Crippen LogP contribution >= 0.6 is 27.7 Å². The second kappa shape index (κ2) is 9.93. The Morgan fingerprint density at radius 1 is 1.21 bits per heavy atom. The van der Waals surface area contributed by atoms with Crippen molar-refractivity contribution in [1.82, 2.24) is 10.2 Å². The van der Waals surface area contributed by atoms with Gasteiger partial charge in [-0.25, -0.2) is 0 Å². The monoisotopic (exact) mass is 475 g/mol. The highest BCUT2D eigenvalue weighted by molar-refractivity contribution is 9.10. The van der Waals surface area contributed by atoms with Crippen LogP contribution in [0.3, 0.4) is 0 Å². The van der Waals surface area contributed by atoms with E-state index < -0.39 is 0 Å². The third-order valence-electron chi connectivity index (χ3n) is 4.07. The number of aryl methyl sites for hydroxylation is 1. The van der Waals surface area contributed by atoms with Crippen LogP contribution in [0, 0.1) is 6.92 Å². The highest BCUT2D eigenvalue weighted by atomic mass is 79.9. The van der Waals surface area contributed by atoms with E-state index in [0.717, 1.165) is 27.0 Å². The van der Waals surface area contributed by atoms with Crippen molar-refractivity contribution >= 4 is 39.3 Å². The smallest absolute Gasteiger partial charge is 0.277 e. The van der Waals surface area contributed by atoms with Crippen molar-refractivity contribution in [2.24, 2.45) is 0 Å². The summed E-state index contributed by atoms with van der Waals surface area (Å²) >= 11 is 4.66. The van der Waals surface area contributed by atoms with Crippen molar-refractivity contribution in [3.63, 3.8) is 0 Å². The van der Waals surface area contributed by atoms with E-state index in [9.17, 15) is 4.79 Å². The molecule has 0 radical (unpaired) electrons. The summed E-state index contributed by atoms with van der Waals surface area (Å²) in [7, 11) is 0. The number of carbonyl (C=O) groups is 1. The molecule has 0 atom stereocenters. The largest absolute Gasteiger partial charge is 0.484 e. The molecule has 1 N–H and O–H groups in total. The normalized spacial score (nSPS) is 10.9. The summed E-state index contributed by atoms with van der Waals surface area (Å²) in [5.41, 5.74) is 3.05. The molecule has 8 heteroatoms. The number of halogens is 1. The molecule has 1 aromatic heterocycles. The van der Waals surface area contributed by atoms with Crippen molar-refractivity contribution in [3.05, 3.63) is 64.0 Å². The Morgan fingerprint density at radius 3 is 2.69 bits per heavy atom. The van der Waals surface area contributed by atoms with E-state index in [-0.39, 0.29) is 18.3 Å². The number of anilines is 1. The fourth-order valence-corrected chi connectivity index (χ4v) is 3.53. The molecule has 0 aliphatic carbocycles. The molecule has 2 aromatic carbocycles. The number of hydrogen-bond acceptors (Lipinski definition) is 6. The Kier molecular flexibility index (Phi) is 7.33. The molecule has 3 aromatic rings. The fraction of sp³-hybridized carbons (Fsp3) is 0.286. The van der Waals surface area contributed by atoms with Crippen molar-refractivity contribution in [2.75, 3.05) is 11.1 Å². The summed E-state index contributed by atoms with van der Waals surface area (Å²) in [5, 5.41) is 11.2. The van der Waals surface area contributed by atoms with Gasteiger partial charge in [0, 0.05) is 10.2 Å². The molecule has 0 saturated heterocycles. The van der Waals surface area contributed by atoms with Crippen LogP contribution in [0.5, 0.6) is 5.75 Å². The SMILES string of the molecule is Cc1ccc(OCc2nnc(SCC(=O)Nc3ccc(Br)cc3C(C)C)o2)cc1. The molecule has 6 nitrogen and oxygen atoms in total. The van der Waals surface area contributed by atoms with Crippen molar-refractivity contribution in [3.8, 4) is 5.75 Å². The minimum Gasteiger partial charge on any atom is -0.484 e. The quantitative estimate of drug-likeness (QED) is 0.428. The minimum atomic E-state index is -0.130. The molecule has 152 valence electrons. The molecule has 0 aliphatic rings. The first-order valence-corrected chi connectivity index (χ1v) is 10.9. The minimum absolute atomic E-state index is 0.130. The summed E-state index contributed by atoms with van der Waals surface area (Å²) in [6.07, 6.45) is 0. The number of ether oxygens (including phenoxy) is 1. The second-order valence-electron chi connectivity index (χ2n) is 6.79. The maximum Gasteiger partial charge on any atom is 0.277 e. The summed E-state index contributed by atoms with van der Waals surface area (Å²) in [6, 6.07) is 13.5. The number of thioether (sulfide) groups is 1. The van der Waals surface area contributed by atoms with Crippen molar-refractivity contribution in [1.29, 1.82) is 0 Å². The average Bonchev–Trinajstić information content (AvgIpc) is 3.15. The van der Waals surface area contributed by atoms with E-state index in [1.807, 2.05) is 49.4 Å². The van der Waals surface area contributed by atoms with E-state index in [1.165, 1.54) is 11.8 Å². The van der Waals surface area contributed by atoms with Crippen LogP contribution in [0.4, 0.5) is 5.69 Å². The molecule has 1 amide bonds. The van der Waals surface area contributed by atoms with Crippen LogP contribution in [-0.2, 0) is 11.4 Å². The first kappa shape index (κ1) is 21.4. The molecular weight excluding hydrogens is 454 g/mol. The zero-order chi connectivity index (χ0) is 20.8. The molecule has 0 bridgehead atoms. The Balaban J connectivity index is 1.50. The fourth-order valence-electron chi connectivity index (χ4n) is 2.57. The highest BCUT2D eigenvalue weighted by Crippen LogP contribution is 2.28. The van der Waals surface area contributed by atoms with Crippen LogP contribution in [0.2, 0.25) is 0 Å². The van der Waals surface area contributed by atoms with Gasteiger partial charge in [-0.1, -0.05) is 59.2 Å². The number of aromatic nitrogens is 2. The summed E-state index contributed by atoms with van der Waals surface area (Å²) in [6.45, 7) is 6.37. The van der Waals surface area contributed by atoms with E-state index in [4.69, 9.17) is 9.15 Å². The first-order chi connectivity index (χ1) is 13.9. The molecule has 3 rings (SSSR count). The van der Waals surface area contributed by atoms with Gasteiger partial charge >= 0.3 is 0 Å². The lowest BCUT2D eigenvalue weighted by atomic mass is 10.0. The number of benzene rings is 2. The maximum absolute atomic E-state index is 12.3. The first-order valence-electron chi connectivity index (χ1n) is 9.14. The van der Waals surface area contributed by atoms with Crippen LogP contribution < -0.4 is 10.1 Å². The van der Waals surface area contributed by atoms with E-state index in [2.05, 4.69) is 45.3 Å². The van der Waals surface area contributed by atoms with E-state index in [1.54, 1.807) is 0 Å². The van der Waals surface area contributed by atoms with Crippen LogP contribution in [0.15, 0.2) is 56.6 Å². The van der Waals surface area contributed by atoms with Crippen molar-refractivity contribution in [2.45, 2.75) is 38.5 Å². The highest BCUT2D eigenvalue weighted by Gasteiger charge is 2.13. The average molecular weight is 476 g/mol. The summed E-state index contributed by atoms with van der Waals surface area (Å²) in [5.74, 6) is 1.44. The second-order valence-corrected chi connectivity index (χ2v) is 8.63. The molecule has 0 unspecified atom stereocenters. The van der Waals surface area contributed by atoms with E-state index >= 15 is 0 Å². The molecule has 29 heavy (non-hydrogen) atoms.